The molecule has 21 heavy (non-hydrogen) atoms. The molecule has 1 aromatic carbocycles. The van der Waals surface area contributed by atoms with Crippen molar-refractivity contribution >= 4 is 0 Å². The summed E-state index contributed by atoms with van der Waals surface area (Å²) in [6, 6.07) is 6.70. The van der Waals surface area contributed by atoms with Crippen LogP contribution >= 0.6 is 0 Å². The van der Waals surface area contributed by atoms with Crippen molar-refractivity contribution in [2.75, 3.05) is 32.7 Å². The summed E-state index contributed by atoms with van der Waals surface area (Å²) in [7, 11) is 0. The van der Waals surface area contributed by atoms with Gasteiger partial charge in [0.15, 0.2) is 0 Å². The number of nitrogens with two attached hydrogens (primary N) is 1. The van der Waals surface area contributed by atoms with Crippen LogP contribution in [0.2, 0.25) is 0 Å². The molecule has 118 valence electrons. The van der Waals surface area contributed by atoms with Crippen LogP contribution in [0, 0.1) is 13.8 Å². The Balaban J connectivity index is 1.93. The van der Waals surface area contributed by atoms with E-state index in [2.05, 4.69) is 62.6 Å². The number of rotatable bonds is 3. The van der Waals surface area contributed by atoms with Crippen LogP contribution < -0.4 is 5.73 Å². The molecule has 0 aliphatic carbocycles. The van der Waals surface area contributed by atoms with Gasteiger partial charge in [0, 0.05) is 44.3 Å². The quantitative estimate of drug-likeness (QED) is 0.928. The van der Waals surface area contributed by atoms with E-state index in [1.54, 1.807) is 0 Å². The predicted molar refractivity (Wildman–Crippen MR) is 90.6 cm³/mol. The van der Waals surface area contributed by atoms with E-state index in [9.17, 15) is 0 Å². The van der Waals surface area contributed by atoms with Crippen LogP contribution in [-0.4, -0.2) is 48.1 Å². The van der Waals surface area contributed by atoms with Crippen molar-refractivity contribution in [3.63, 3.8) is 0 Å². The average Bonchev–Trinajstić information content (AvgIpc) is 2.41. The highest BCUT2D eigenvalue weighted by Gasteiger charge is 2.26. The van der Waals surface area contributed by atoms with Crippen molar-refractivity contribution in [3.8, 4) is 0 Å². The molecule has 1 aliphatic rings. The first-order chi connectivity index (χ1) is 9.77. The Morgan fingerprint density at radius 1 is 1.10 bits per heavy atom. The second kappa shape index (κ2) is 6.47. The number of hydrogen-bond acceptors (Lipinski definition) is 3. The maximum Gasteiger partial charge on any atom is 0.0427 e. The van der Waals surface area contributed by atoms with Gasteiger partial charge in [-0.3, -0.25) is 9.80 Å². The Hall–Kier alpha value is -0.900. The van der Waals surface area contributed by atoms with E-state index in [-0.39, 0.29) is 11.6 Å². The molecule has 1 unspecified atom stereocenters. The van der Waals surface area contributed by atoms with Crippen molar-refractivity contribution in [2.24, 2.45) is 5.73 Å². The van der Waals surface area contributed by atoms with Gasteiger partial charge in [0.2, 0.25) is 0 Å². The molecule has 3 heteroatoms. The zero-order valence-electron chi connectivity index (χ0n) is 14.3. The fraction of sp³-hybridized carbons (Fsp3) is 0.667. The second-order valence-corrected chi connectivity index (χ2v) is 7.43. The van der Waals surface area contributed by atoms with E-state index < -0.39 is 0 Å². The van der Waals surface area contributed by atoms with E-state index in [0.29, 0.717) is 0 Å². The zero-order chi connectivity index (χ0) is 15.6. The lowest BCUT2D eigenvalue weighted by atomic mass is 9.98. The molecule has 3 nitrogen and oxygen atoms in total. The van der Waals surface area contributed by atoms with Gasteiger partial charge in [0.25, 0.3) is 0 Å². The largest absolute Gasteiger partial charge is 0.323 e. The molecule has 0 spiro atoms. The van der Waals surface area contributed by atoms with Gasteiger partial charge in [0.1, 0.15) is 0 Å². The highest BCUT2D eigenvalue weighted by Crippen LogP contribution is 2.20. The molecule has 1 aliphatic heterocycles. The molecule has 0 saturated carbocycles. The van der Waals surface area contributed by atoms with Gasteiger partial charge in [-0.1, -0.05) is 23.8 Å². The first kappa shape index (κ1) is 16.5. The van der Waals surface area contributed by atoms with Crippen molar-refractivity contribution in [1.82, 2.24) is 9.80 Å². The molecule has 2 N–H and O–H groups in total. The molecule has 1 atom stereocenters. The third-order valence-corrected chi connectivity index (χ3v) is 4.61. The minimum Gasteiger partial charge on any atom is -0.323 e. The van der Waals surface area contributed by atoms with Crippen molar-refractivity contribution in [3.05, 3.63) is 34.9 Å². The van der Waals surface area contributed by atoms with E-state index in [1.165, 1.54) is 16.7 Å². The summed E-state index contributed by atoms with van der Waals surface area (Å²) in [5, 5.41) is 0. The van der Waals surface area contributed by atoms with Gasteiger partial charge in [-0.15, -0.1) is 0 Å². The lowest BCUT2D eigenvalue weighted by Crippen LogP contribution is -2.54. The summed E-state index contributed by atoms with van der Waals surface area (Å²) in [5.74, 6) is 0. The molecule has 0 radical (unpaired) electrons. The molecule has 0 aromatic heterocycles. The number of piperazine rings is 1. The number of benzene rings is 1. The molecule has 2 rings (SSSR count). The normalized spacial score (nSPS) is 19.7. The van der Waals surface area contributed by atoms with Crippen LogP contribution in [0.25, 0.3) is 0 Å². The number of hydrogen-bond donors (Lipinski definition) is 1. The second-order valence-electron chi connectivity index (χ2n) is 7.43. The minimum atomic E-state index is 0.117. The van der Waals surface area contributed by atoms with E-state index in [1.807, 2.05) is 0 Å². The van der Waals surface area contributed by atoms with Crippen LogP contribution in [0.3, 0.4) is 0 Å². The first-order valence-electron chi connectivity index (χ1n) is 8.07. The van der Waals surface area contributed by atoms with E-state index >= 15 is 0 Å². The molecule has 1 heterocycles. The third-order valence-electron chi connectivity index (χ3n) is 4.61. The summed E-state index contributed by atoms with van der Waals surface area (Å²) in [4.78, 5) is 5.07. The smallest absolute Gasteiger partial charge is 0.0427 e. The zero-order valence-corrected chi connectivity index (χ0v) is 14.3. The number of nitrogens with zero attached hydrogens (tertiary/aromatic N) is 2. The van der Waals surface area contributed by atoms with E-state index in [4.69, 9.17) is 5.73 Å². The first-order valence-corrected chi connectivity index (χ1v) is 8.07. The van der Waals surface area contributed by atoms with Crippen LogP contribution in [0.4, 0.5) is 0 Å². The molecule has 1 saturated heterocycles. The Labute approximate surface area is 130 Å². The highest BCUT2D eigenvalue weighted by molar-refractivity contribution is 5.33. The Bertz CT molecular complexity index is 468. The topological polar surface area (TPSA) is 32.5 Å². The lowest BCUT2D eigenvalue weighted by Gasteiger charge is -2.42. The molecule has 1 aromatic rings. The maximum atomic E-state index is 6.46. The average molecular weight is 289 g/mol. The predicted octanol–water partition coefficient (Wildman–Crippen LogP) is 2.72. The SMILES string of the molecule is Cc1ccc(C)c(C(N)CN2CCN(C(C)(C)C)CC2)c1. The van der Waals surface area contributed by atoms with Crippen LogP contribution in [0.5, 0.6) is 0 Å². The Kier molecular flexibility index (Phi) is 5.07. The number of aryl methyl sites for hydroxylation is 2. The maximum absolute atomic E-state index is 6.46. The molecule has 0 bridgehead atoms. The summed E-state index contributed by atoms with van der Waals surface area (Å²) < 4.78 is 0. The van der Waals surface area contributed by atoms with Crippen LogP contribution in [0.1, 0.15) is 43.5 Å². The summed E-state index contributed by atoms with van der Waals surface area (Å²) in [6.07, 6.45) is 0. The third kappa shape index (κ3) is 4.29. The molecular formula is C18H31N3. The molecule has 1 fully saturated rings. The van der Waals surface area contributed by atoms with Crippen molar-refractivity contribution < 1.29 is 0 Å². The molecule has 0 amide bonds. The minimum absolute atomic E-state index is 0.117. The van der Waals surface area contributed by atoms with Gasteiger partial charge in [-0.25, -0.2) is 0 Å². The van der Waals surface area contributed by atoms with Gasteiger partial charge in [-0.2, -0.15) is 0 Å². The summed E-state index contributed by atoms with van der Waals surface area (Å²) in [5.41, 5.74) is 10.6. The van der Waals surface area contributed by atoms with Gasteiger partial charge in [0.05, 0.1) is 0 Å². The molecular weight excluding hydrogens is 258 g/mol. The van der Waals surface area contributed by atoms with Crippen LogP contribution in [-0.2, 0) is 0 Å². The van der Waals surface area contributed by atoms with Gasteiger partial charge >= 0.3 is 0 Å². The Morgan fingerprint density at radius 2 is 1.71 bits per heavy atom. The highest BCUT2D eigenvalue weighted by atomic mass is 15.3. The fourth-order valence-electron chi connectivity index (χ4n) is 3.14. The Morgan fingerprint density at radius 3 is 2.29 bits per heavy atom. The van der Waals surface area contributed by atoms with Gasteiger partial charge < -0.3 is 5.73 Å². The standard InChI is InChI=1S/C18H31N3/c1-14-6-7-15(2)16(12-14)17(19)13-20-8-10-21(11-9-20)18(3,4)5/h6-7,12,17H,8-11,13,19H2,1-5H3. The van der Waals surface area contributed by atoms with Gasteiger partial charge in [-0.05, 0) is 45.7 Å². The van der Waals surface area contributed by atoms with E-state index in [0.717, 1.165) is 32.7 Å². The van der Waals surface area contributed by atoms with Crippen LogP contribution in [0.15, 0.2) is 18.2 Å². The summed E-state index contributed by atoms with van der Waals surface area (Å²) >= 11 is 0. The summed E-state index contributed by atoms with van der Waals surface area (Å²) in [6.45, 7) is 16.7. The van der Waals surface area contributed by atoms with Crippen molar-refractivity contribution in [1.29, 1.82) is 0 Å². The fourth-order valence-corrected chi connectivity index (χ4v) is 3.14. The monoisotopic (exact) mass is 289 g/mol. The lowest BCUT2D eigenvalue weighted by molar-refractivity contribution is 0.0598. The van der Waals surface area contributed by atoms with Crippen molar-refractivity contribution in [2.45, 2.75) is 46.2 Å².